The van der Waals surface area contributed by atoms with Gasteiger partial charge in [0.1, 0.15) is 7.05 Å². The number of benzene rings is 4. The van der Waals surface area contributed by atoms with Crippen LogP contribution < -0.4 is 9.47 Å². The molecule has 0 unspecified atom stereocenters. The van der Waals surface area contributed by atoms with Crippen molar-refractivity contribution in [2.24, 2.45) is 13.0 Å². The fraction of sp³-hybridized carbons (Fsp3) is 0.342. The van der Waals surface area contributed by atoms with Crippen LogP contribution in [0.1, 0.15) is 74.1 Å². The maximum atomic E-state index is 2.59. The Hall–Kier alpha value is -3.65. The highest BCUT2D eigenvalue weighted by Crippen LogP contribution is 2.55. The Bertz CT molecular complexity index is 1760. The second-order valence-electron chi connectivity index (χ2n) is 12.7. The first-order valence-electron chi connectivity index (χ1n) is 15.3. The van der Waals surface area contributed by atoms with Crippen LogP contribution in [0.25, 0.3) is 32.8 Å². The van der Waals surface area contributed by atoms with Crippen LogP contribution in [-0.2, 0) is 13.5 Å². The van der Waals surface area contributed by atoms with Crippen LogP contribution in [0, 0.1) is 19.8 Å². The highest BCUT2D eigenvalue weighted by Gasteiger charge is 2.36. The molecule has 1 saturated carbocycles. The average molecular weight is 526 g/mol. The molecule has 0 saturated heterocycles. The first-order chi connectivity index (χ1) is 19.4. The maximum Gasteiger partial charge on any atom is 0.224 e. The average Bonchev–Trinajstić information content (AvgIpc) is 2.97. The van der Waals surface area contributed by atoms with Gasteiger partial charge in [-0.25, -0.2) is 4.57 Å². The Balaban J connectivity index is 1.60. The summed E-state index contributed by atoms with van der Waals surface area (Å²) < 4.78 is 2.36. The van der Waals surface area contributed by atoms with Crippen molar-refractivity contribution in [3.8, 4) is 11.3 Å². The number of pyridine rings is 1. The van der Waals surface area contributed by atoms with Crippen LogP contribution >= 0.6 is 0 Å². The van der Waals surface area contributed by atoms with Gasteiger partial charge in [-0.2, -0.15) is 0 Å². The molecule has 40 heavy (non-hydrogen) atoms. The van der Waals surface area contributed by atoms with Gasteiger partial charge in [0.25, 0.3) is 0 Å². The Labute approximate surface area is 239 Å². The number of hydrogen-bond donors (Lipinski definition) is 0. The topological polar surface area (TPSA) is 7.12 Å². The number of anilines is 3. The number of aryl methyl sites for hydroxylation is 3. The zero-order valence-electron chi connectivity index (χ0n) is 24.7. The summed E-state index contributed by atoms with van der Waals surface area (Å²) >= 11 is 0. The maximum absolute atomic E-state index is 2.59. The molecule has 5 aromatic rings. The molecule has 2 aliphatic rings. The third kappa shape index (κ3) is 3.95. The fourth-order valence-corrected chi connectivity index (χ4v) is 7.64. The monoisotopic (exact) mass is 525 g/mol. The molecule has 2 nitrogen and oxygen atoms in total. The van der Waals surface area contributed by atoms with Gasteiger partial charge in [-0.1, -0.05) is 75.6 Å². The zero-order valence-corrected chi connectivity index (χ0v) is 24.7. The van der Waals surface area contributed by atoms with Gasteiger partial charge in [-0.3, -0.25) is 0 Å². The van der Waals surface area contributed by atoms with Crippen molar-refractivity contribution in [2.75, 3.05) is 4.90 Å². The number of para-hydroxylation sites is 1. The van der Waals surface area contributed by atoms with Crippen LogP contribution in [0.15, 0.2) is 72.9 Å². The molecule has 2 heterocycles. The quantitative estimate of drug-likeness (QED) is 0.208. The van der Waals surface area contributed by atoms with E-state index >= 15 is 0 Å². The molecule has 202 valence electrons. The smallest absolute Gasteiger partial charge is 0.224 e. The third-order valence-corrected chi connectivity index (χ3v) is 9.53. The summed E-state index contributed by atoms with van der Waals surface area (Å²) in [5.74, 6) is 1.29. The second kappa shape index (κ2) is 9.77. The largest absolute Gasteiger partial charge is 0.308 e. The molecule has 1 aliphatic heterocycles. The number of fused-ring (bicyclic) bond motifs is 3. The minimum Gasteiger partial charge on any atom is -0.308 e. The molecule has 0 atom stereocenters. The number of nitrogens with zero attached hydrogens (tertiary/aromatic N) is 2. The standard InChI is InChI=1S/C38H41N2/c1-24(2)20-27-16-17-32-25(3)35-37(26(4)33(32)21-27)40(31-14-10-7-11-15-31)34-23-30(28-12-8-6-9-13-28)22-29-18-19-39(5)38(35)36(29)34/h7,10-11,14-19,21-24,28H,6,8-9,12-13,20H2,1-5H3/q+1. The summed E-state index contributed by atoms with van der Waals surface area (Å²) in [4.78, 5) is 2.59. The van der Waals surface area contributed by atoms with Crippen LogP contribution in [0.5, 0.6) is 0 Å². The molecule has 2 heteroatoms. The summed E-state index contributed by atoms with van der Waals surface area (Å²) in [5, 5.41) is 5.49. The van der Waals surface area contributed by atoms with Crippen molar-refractivity contribution in [2.45, 2.75) is 72.1 Å². The molecule has 4 aromatic carbocycles. The molecule has 7 rings (SSSR count). The summed E-state index contributed by atoms with van der Waals surface area (Å²) in [7, 11) is 2.22. The molecule has 1 fully saturated rings. The van der Waals surface area contributed by atoms with Gasteiger partial charge in [-0.05, 0) is 102 Å². The fourth-order valence-electron chi connectivity index (χ4n) is 7.64. The minimum absolute atomic E-state index is 0.638. The van der Waals surface area contributed by atoms with Gasteiger partial charge >= 0.3 is 0 Å². The zero-order chi connectivity index (χ0) is 27.5. The predicted molar refractivity (Wildman–Crippen MR) is 170 cm³/mol. The minimum atomic E-state index is 0.638. The Morgan fingerprint density at radius 2 is 1.62 bits per heavy atom. The van der Waals surface area contributed by atoms with Gasteiger partial charge < -0.3 is 4.90 Å². The van der Waals surface area contributed by atoms with Gasteiger partial charge in [0.2, 0.25) is 5.69 Å². The molecule has 0 radical (unpaired) electrons. The van der Waals surface area contributed by atoms with E-state index in [9.17, 15) is 0 Å². The molecule has 0 N–H and O–H groups in total. The van der Waals surface area contributed by atoms with E-state index in [0.717, 1.165) is 6.42 Å². The van der Waals surface area contributed by atoms with Crippen molar-refractivity contribution in [1.29, 1.82) is 0 Å². The first-order valence-corrected chi connectivity index (χ1v) is 15.3. The van der Waals surface area contributed by atoms with Gasteiger partial charge in [0, 0.05) is 11.8 Å². The van der Waals surface area contributed by atoms with E-state index in [2.05, 4.69) is 117 Å². The van der Waals surface area contributed by atoms with E-state index in [1.54, 1.807) is 0 Å². The van der Waals surface area contributed by atoms with E-state index in [1.807, 2.05) is 0 Å². The van der Waals surface area contributed by atoms with E-state index < -0.39 is 0 Å². The molecule has 0 bridgehead atoms. The normalized spacial score (nSPS) is 15.3. The predicted octanol–water partition coefficient (Wildman–Crippen LogP) is 10.1. The lowest BCUT2D eigenvalue weighted by Gasteiger charge is -2.36. The lowest BCUT2D eigenvalue weighted by atomic mass is 9.81. The van der Waals surface area contributed by atoms with Crippen LogP contribution in [0.4, 0.5) is 17.1 Å². The molecular weight excluding hydrogens is 484 g/mol. The second-order valence-corrected chi connectivity index (χ2v) is 12.7. The summed E-state index contributed by atoms with van der Waals surface area (Å²) in [5.41, 5.74) is 12.3. The van der Waals surface area contributed by atoms with E-state index in [4.69, 9.17) is 0 Å². The van der Waals surface area contributed by atoms with Crippen molar-refractivity contribution < 1.29 is 4.57 Å². The lowest BCUT2D eigenvalue weighted by molar-refractivity contribution is -0.659. The molecule has 0 amide bonds. The molecule has 0 spiro atoms. The van der Waals surface area contributed by atoms with Gasteiger partial charge in [0.05, 0.1) is 22.3 Å². The first kappa shape index (κ1) is 25.3. The summed E-state index contributed by atoms with van der Waals surface area (Å²) in [6.45, 7) is 9.32. The molecule has 1 aliphatic carbocycles. The Morgan fingerprint density at radius 1 is 0.850 bits per heavy atom. The highest BCUT2D eigenvalue weighted by molar-refractivity contribution is 6.16. The summed E-state index contributed by atoms with van der Waals surface area (Å²) in [6.07, 6.45) is 10.1. The highest BCUT2D eigenvalue weighted by atomic mass is 15.2. The van der Waals surface area contributed by atoms with Crippen molar-refractivity contribution in [3.63, 3.8) is 0 Å². The summed E-state index contributed by atoms with van der Waals surface area (Å²) in [6, 6.07) is 25.7. The van der Waals surface area contributed by atoms with Crippen LogP contribution in [0.3, 0.4) is 0 Å². The van der Waals surface area contributed by atoms with Crippen molar-refractivity contribution in [3.05, 3.63) is 95.2 Å². The molecular formula is C38H41N2+. The molecule has 1 aromatic heterocycles. The van der Waals surface area contributed by atoms with Gasteiger partial charge in [-0.15, -0.1) is 0 Å². The van der Waals surface area contributed by atoms with Crippen molar-refractivity contribution >= 4 is 38.6 Å². The number of rotatable bonds is 4. The lowest BCUT2D eigenvalue weighted by Crippen LogP contribution is -2.33. The number of hydrogen-bond acceptors (Lipinski definition) is 1. The Morgan fingerprint density at radius 3 is 2.38 bits per heavy atom. The van der Waals surface area contributed by atoms with Crippen molar-refractivity contribution in [1.82, 2.24) is 0 Å². The Kier molecular flexibility index (Phi) is 6.18. The van der Waals surface area contributed by atoms with Gasteiger partial charge in [0.15, 0.2) is 6.20 Å². The van der Waals surface area contributed by atoms with E-state index in [1.165, 1.54) is 104 Å². The van der Waals surface area contributed by atoms with E-state index in [-0.39, 0.29) is 0 Å². The van der Waals surface area contributed by atoms with Crippen LogP contribution in [0.2, 0.25) is 0 Å². The third-order valence-electron chi connectivity index (χ3n) is 9.53. The SMILES string of the molecule is Cc1c2c(c(C)c3cc(CC(C)C)ccc13)N(c1ccccc1)c1cc(C3CCCCC3)cc3cc[n+](C)c-2c13. The van der Waals surface area contributed by atoms with E-state index in [0.29, 0.717) is 11.8 Å². The number of aromatic nitrogens is 1. The van der Waals surface area contributed by atoms with Crippen LogP contribution in [-0.4, -0.2) is 0 Å².